The van der Waals surface area contributed by atoms with Gasteiger partial charge in [-0.05, 0) is 0 Å². The number of hydrogen-bond donors (Lipinski definition) is 0. The molecule has 0 fully saturated rings. The van der Waals surface area contributed by atoms with Crippen LogP contribution in [0.4, 0.5) is 0 Å². The first-order valence-corrected chi connectivity index (χ1v) is 6.94. The molecule has 0 saturated carbocycles. The van der Waals surface area contributed by atoms with Gasteiger partial charge in [0.05, 0.1) is 11.5 Å². The zero-order valence-corrected chi connectivity index (χ0v) is 9.59. The second kappa shape index (κ2) is 6.01. The van der Waals surface area contributed by atoms with Gasteiger partial charge in [0.25, 0.3) is 20.2 Å². The van der Waals surface area contributed by atoms with Crippen LogP contribution in [0.15, 0.2) is 25.3 Å². The molecule has 15 heavy (non-hydrogen) atoms. The molecule has 0 aliphatic carbocycles. The van der Waals surface area contributed by atoms with Crippen molar-refractivity contribution in [2.45, 2.75) is 0 Å². The van der Waals surface area contributed by atoms with Gasteiger partial charge in [-0.25, -0.2) is 8.37 Å². The van der Waals surface area contributed by atoms with Crippen LogP contribution in [0.2, 0.25) is 0 Å². The first kappa shape index (κ1) is 14.3. The van der Waals surface area contributed by atoms with E-state index in [4.69, 9.17) is 0 Å². The summed E-state index contributed by atoms with van der Waals surface area (Å²) in [6.45, 7) is 5.53. The zero-order chi connectivity index (χ0) is 11.9. The molecule has 0 saturated heterocycles. The van der Waals surface area contributed by atoms with E-state index >= 15 is 0 Å². The minimum absolute atomic E-state index is 0.405. The fraction of sp³-hybridized carbons (Fsp3) is 0.429. The molecule has 8 heteroatoms. The molecule has 0 rings (SSSR count). The Morgan fingerprint density at radius 2 is 1.20 bits per heavy atom. The first-order valence-electron chi connectivity index (χ1n) is 3.79. The Morgan fingerprint density at radius 1 is 0.867 bits per heavy atom. The largest absolute Gasteiger partial charge is 0.273 e. The molecule has 0 radical (unpaired) electrons. The lowest BCUT2D eigenvalue weighted by Crippen LogP contribution is -2.16. The molecular weight excluding hydrogens is 244 g/mol. The molecular formula is C7H12O6S2. The average molecular weight is 256 g/mol. The van der Waals surface area contributed by atoms with Crippen LogP contribution in [0.5, 0.6) is 0 Å². The number of hydrogen-bond acceptors (Lipinski definition) is 6. The Hall–Kier alpha value is -0.700. The molecule has 0 aliphatic rings. The Bertz CT molecular complexity index is 365. The topological polar surface area (TPSA) is 86.7 Å². The SMILES string of the molecule is C=CCS(=O)(=O)OCOS(=O)(=O)CC=C. The van der Waals surface area contributed by atoms with E-state index in [0.29, 0.717) is 0 Å². The van der Waals surface area contributed by atoms with Gasteiger partial charge in [-0.15, -0.1) is 13.2 Å². The highest BCUT2D eigenvalue weighted by molar-refractivity contribution is 7.87. The lowest BCUT2D eigenvalue weighted by molar-refractivity contribution is 0.133. The summed E-state index contributed by atoms with van der Waals surface area (Å²) >= 11 is 0. The predicted molar refractivity (Wildman–Crippen MR) is 55.0 cm³/mol. The standard InChI is InChI=1S/C7H12O6S2/c1-3-5-14(8,9)12-7-13-15(10,11)6-4-2/h3-4H,1-2,5-7H2. The van der Waals surface area contributed by atoms with Crippen molar-refractivity contribution in [2.75, 3.05) is 18.3 Å². The third kappa shape index (κ3) is 7.25. The Balaban J connectivity index is 4.10. The monoisotopic (exact) mass is 256 g/mol. The molecule has 0 aromatic heterocycles. The highest BCUT2D eigenvalue weighted by Gasteiger charge is 2.13. The van der Waals surface area contributed by atoms with Crippen molar-refractivity contribution < 1.29 is 25.2 Å². The summed E-state index contributed by atoms with van der Waals surface area (Å²) in [4.78, 5) is 0. The summed E-state index contributed by atoms with van der Waals surface area (Å²) in [7, 11) is -7.60. The van der Waals surface area contributed by atoms with Crippen molar-refractivity contribution in [2.24, 2.45) is 0 Å². The molecule has 0 unspecified atom stereocenters. The van der Waals surface area contributed by atoms with Crippen LogP contribution in [0, 0.1) is 0 Å². The van der Waals surface area contributed by atoms with Crippen molar-refractivity contribution in [1.82, 2.24) is 0 Å². The summed E-state index contributed by atoms with van der Waals surface area (Å²) in [6, 6.07) is 0. The third-order valence-corrected chi connectivity index (χ3v) is 3.30. The minimum Gasteiger partial charge on any atom is -0.240 e. The van der Waals surface area contributed by atoms with E-state index in [0.717, 1.165) is 12.2 Å². The van der Waals surface area contributed by atoms with Crippen molar-refractivity contribution in [3.8, 4) is 0 Å². The molecule has 0 aromatic carbocycles. The molecule has 0 atom stereocenters. The molecule has 0 amide bonds. The van der Waals surface area contributed by atoms with E-state index in [1.807, 2.05) is 0 Å². The average Bonchev–Trinajstić information content (AvgIpc) is 2.02. The quantitative estimate of drug-likeness (QED) is 0.345. The van der Waals surface area contributed by atoms with Gasteiger partial charge in [-0.1, -0.05) is 12.2 Å². The van der Waals surface area contributed by atoms with Crippen LogP contribution in [0.3, 0.4) is 0 Å². The molecule has 0 heterocycles. The summed E-state index contributed by atoms with van der Waals surface area (Å²) in [5.74, 6) is -0.810. The van der Waals surface area contributed by atoms with Gasteiger partial charge in [-0.2, -0.15) is 16.8 Å². The Labute approximate surface area is 89.4 Å². The van der Waals surface area contributed by atoms with Crippen LogP contribution >= 0.6 is 0 Å². The van der Waals surface area contributed by atoms with Gasteiger partial charge in [0.2, 0.25) is 0 Å². The Morgan fingerprint density at radius 3 is 1.47 bits per heavy atom. The molecule has 0 aliphatic heterocycles. The van der Waals surface area contributed by atoms with Crippen molar-refractivity contribution in [3.63, 3.8) is 0 Å². The van der Waals surface area contributed by atoms with E-state index < -0.39 is 38.5 Å². The minimum atomic E-state index is -3.80. The molecule has 88 valence electrons. The summed E-state index contributed by atoms with van der Waals surface area (Å²) < 4.78 is 52.0. The fourth-order valence-electron chi connectivity index (χ4n) is 0.551. The van der Waals surface area contributed by atoms with E-state index in [9.17, 15) is 16.8 Å². The summed E-state index contributed by atoms with van der Waals surface area (Å²) in [6.07, 6.45) is 2.24. The highest BCUT2D eigenvalue weighted by Crippen LogP contribution is 1.98. The van der Waals surface area contributed by atoms with Gasteiger partial charge in [0, 0.05) is 0 Å². The third-order valence-electron chi connectivity index (χ3n) is 1.10. The molecule has 0 aromatic rings. The van der Waals surface area contributed by atoms with E-state index in [2.05, 4.69) is 21.5 Å². The van der Waals surface area contributed by atoms with Gasteiger partial charge in [0.15, 0.2) is 6.79 Å². The van der Waals surface area contributed by atoms with Crippen LogP contribution in [0.25, 0.3) is 0 Å². The van der Waals surface area contributed by atoms with Crippen LogP contribution in [-0.2, 0) is 28.6 Å². The lowest BCUT2D eigenvalue weighted by Gasteiger charge is -2.03. The number of rotatable bonds is 8. The van der Waals surface area contributed by atoms with Gasteiger partial charge >= 0.3 is 0 Å². The first-order chi connectivity index (χ1) is 6.83. The zero-order valence-electron chi connectivity index (χ0n) is 7.96. The van der Waals surface area contributed by atoms with Crippen LogP contribution in [0.1, 0.15) is 0 Å². The maximum Gasteiger partial charge on any atom is 0.273 e. The summed E-state index contributed by atoms with van der Waals surface area (Å²) in [5.41, 5.74) is 0. The lowest BCUT2D eigenvalue weighted by atomic mass is 10.8. The van der Waals surface area contributed by atoms with Gasteiger partial charge in [0.1, 0.15) is 0 Å². The molecule has 0 spiro atoms. The smallest absolute Gasteiger partial charge is 0.240 e. The van der Waals surface area contributed by atoms with Crippen molar-refractivity contribution >= 4 is 20.2 Å². The van der Waals surface area contributed by atoms with E-state index in [1.165, 1.54) is 0 Å². The predicted octanol–water partition coefficient (Wildman–Crippen LogP) is 0.00870. The maximum absolute atomic E-state index is 10.9. The molecule has 0 N–H and O–H groups in total. The van der Waals surface area contributed by atoms with Gasteiger partial charge < -0.3 is 0 Å². The molecule has 6 nitrogen and oxygen atoms in total. The van der Waals surface area contributed by atoms with Crippen LogP contribution in [-0.4, -0.2) is 35.1 Å². The second-order valence-electron chi connectivity index (χ2n) is 2.38. The molecule has 0 bridgehead atoms. The van der Waals surface area contributed by atoms with Gasteiger partial charge in [-0.3, -0.25) is 0 Å². The normalized spacial score (nSPS) is 12.3. The van der Waals surface area contributed by atoms with Crippen LogP contribution < -0.4 is 0 Å². The summed E-state index contributed by atoms with van der Waals surface area (Å²) in [5, 5.41) is 0. The van der Waals surface area contributed by atoms with E-state index in [1.54, 1.807) is 0 Å². The highest BCUT2D eigenvalue weighted by atomic mass is 32.2. The van der Waals surface area contributed by atoms with Crippen molar-refractivity contribution in [1.29, 1.82) is 0 Å². The Kier molecular flexibility index (Phi) is 5.73. The maximum atomic E-state index is 10.9. The fourth-order valence-corrected chi connectivity index (χ4v) is 1.77. The van der Waals surface area contributed by atoms with Crippen molar-refractivity contribution in [3.05, 3.63) is 25.3 Å². The van der Waals surface area contributed by atoms with E-state index in [-0.39, 0.29) is 0 Å². The second-order valence-corrected chi connectivity index (χ2v) is 5.75.